The zero-order chi connectivity index (χ0) is 12.8. The molecule has 0 atom stereocenters. The summed E-state index contributed by atoms with van der Waals surface area (Å²) >= 11 is 1.35. The fourth-order valence-corrected chi connectivity index (χ4v) is 2.53. The van der Waals surface area contributed by atoms with Gasteiger partial charge in [0.15, 0.2) is 16.6 Å². The highest BCUT2D eigenvalue weighted by molar-refractivity contribution is 7.11. The Balaban J connectivity index is 1.78. The molecular formula is C11H20N4O2S. The van der Waals surface area contributed by atoms with Crippen LogP contribution in [0.25, 0.3) is 0 Å². The van der Waals surface area contributed by atoms with Crippen LogP contribution in [0.1, 0.15) is 6.92 Å². The van der Waals surface area contributed by atoms with Crippen LogP contribution in [0, 0.1) is 0 Å². The normalized spacial score (nSPS) is 16.7. The van der Waals surface area contributed by atoms with Crippen LogP contribution in [0.15, 0.2) is 0 Å². The van der Waals surface area contributed by atoms with Gasteiger partial charge in [0.2, 0.25) is 0 Å². The van der Waals surface area contributed by atoms with E-state index in [0.29, 0.717) is 18.2 Å². The maximum atomic E-state index is 5.75. The number of nitrogens with zero attached hydrogens (tertiary/aromatic N) is 2. The lowest BCUT2D eigenvalue weighted by Crippen LogP contribution is -2.38. The number of hydrogen-bond acceptors (Lipinski definition) is 7. The van der Waals surface area contributed by atoms with E-state index in [1.807, 2.05) is 6.92 Å². The molecule has 0 unspecified atom stereocenters. The van der Waals surface area contributed by atoms with E-state index in [-0.39, 0.29) is 0 Å². The van der Waals surface area contributed by atoms with E-state index in [1.54, 1.807) is 0 Å². The summed E-state index contributed by atoms with van der Waals surface area (Å²) in [6, 6.07) is 0. The Morgan fingerprint density at radius 2 is 2.28 bits per heavy atom. The molecule has 0 radical (unpaired) electrons. The smallest absolute Gasteiger partial charge is 0.197 e. The first-order valence-corrected chi connectivity index (χ1v) is 7.00. The van der Waals surface area contributed by atoms with E-state index in [4.69, 9.17) is 15.2 Å². The Morgan fingerprint density at radius 3 is 3.00 bits per heavy atom. The summed E-state index contributed by atoms with van der Waals surface area (Å²) < 4.78 is 14.9. The van der Waals surface area contributed by atoms with Gasteiger partial charge < -0.3 is 20.5 Å². The van der Waals surface area contributed by atoms with Gasteiger partial charge in [-0.2, -0.15) is 4.37 Å². The molecule has 0 aliphatic carbocycles. The van der Waals surface area contributed by atoms with Crippen molar-refractivity contribution in [2.45, 2.75) is 6.92 Å². The Morgan fingerprint density at radius 1 is 1.50 bits per heavy atom. The SMILES string of the molecule is CCOc1c(N)nsc1NCCN1CCOCC1. The van der Waals surface area contributed by atoms with Gasteiger partial charge in [-0.05, 0) is 18.5 Å². The van der Waals surface area contributed by atoms with Crippen molar-refractivity contribution in [3.05, 3.63) is 0 Å². The summed E-state index contributed by atoms with van der Waals surface area (Å²) in [5.41, 5.74) is 5.75. The van der Waals surface area contributed by atoms with E-state index >= 15 is 0 Å². The number of ether oxygens (including phenoxy) is 2. The highest BCUT2D eigenvalue weighted by Gasteiger charge is 2.13. The lowest BCUT2D eigenvalue weighted by atomic mass is 10.4. The molecule has 1 aliphatic rings. The number of morpholine rings is 1. The van der Waals surface area contributed by atoms with Gasteiger partial charge in [-0.1, -0.05) is 0 Å². The number of nitrogens with two attached hydrogens (primary N) is 1. The molecule has 1 saturated heterocycles. The molecule has 7 heteroatoms. The monoisotopic (exact) mass is 272 g/mol. The molecule has 0 amide bonds. The van der Waals surface area contributed by atoms with Crippen LogP contribution < -0.4 is 15.8 Å². The first kappa shape index (κ1) is 13.4. The van der Waals surface area contributed by atoms with E-state index in [0.717, 1.165) is 44.4 Å². The van der Waals surface area contributed by atoms with E-state index in [9.17, 15) is 0 Å². The minimum atomic E-state index is 0.468. The summed E-state index contributed by atoms with van der Waals surface area (Å²) in [5.74, 6) is 1.15. The lowest BCUT2D eigenvalue weighted by Gasteiger charge is -2.26. The molecule has 2 heterocycles. The third kappa shape index (κ3) is 3.47. The number of nitrogens with one attached hydrogen (secondary N) is 1. The molecule has 102 valence electrons. The average molecular weight is 272 g/mol. The Hall–Kier alpha value is -1.05. The summed E-state index contributed by atoms with van der Waals surface area (Å²) in [6.07, 6.45) is 0. The van der Waals surface area contributed by atoms with E-state index in [1.165, 1.54) is 11.5 Å². The fraction of sp³-hybridized carbons (Fsp3) is 0.727. The number of hydrogen-bond donors (Lipinski definition) is 2. The zero-order valence-electron chi connectivity index (χ0n) is 10.6. The second-order valence-electron chi connectivity index (χ2n) is 4.04. The van der Waals surface area contributed by atoms with Gasteiger partial charge in [-0.3, -0.25) is 4.90 Å². The maximum absolute atomic E-state index is 5.75. The summed E-state index contributed by atoms with van der Waals surface area (Å²) in [7, 11) is 0. The number of rotatable bonds is 6. The van der Waals surface area contributed by atoms with Gasteiger partial charge in [0.25, 0.3) is 0 Å². The zero-order valence-corrected chi connectivity index (χ0v) is 11.5. The Bertz CT molecular complexity index is 366. The van der Waals surface area contributed by atoms with Crippen molar-refractivity contribution in [3.63, 3.8) is 0 Å². The van der Waals surface area contributed by atoms with Crippen LogP contribution in [0.3, 0.4) is 0 Å². The molecule has 1 aliphatic heterocycles. The Labute approximate surface area is 111 Å². The number of aromatic nitrogens is 1. The molecule has 1 aromatic rings. The molecule has 0 aromatic carbocycles. The third-order valence-corrected chi connectivity index (χ3v) is 3.58. The summed E-state index contributed by atoms with van der Waals surface area (Å²) in [6.45, 7) is 8.06. The highest BCUT2D eigenvalue weighted by Crippen LogP contribution is 2.34. The maximum Gasteiger partial charge on any atom is 0.197 e. The second-order valence-corrected chi connectivity index (χ2v) is 4.81. The van der Waals surface area contributed by atoms with Gasteiger partial charge in [-0.15, -0.1) is 0 Å². The van der Waals surface area contributed by atoms with Crippen LogP contribution in [0.2, 0.25) is 0 Å². The van der Waals surface area contributed by atoms with Crippen molar-refractivity contribution in [1.29, 1.82) is 0 Å². The minimum absolute atomic E-state index is 0.468. The van der Waals surface area contributed by atoms with Crippen LogP contribution in [0.4, 0.5) is 10.8 Å². The number of nitrogen functional groups attached to an aromatic ring is 1. The molecule has 0 bridgehead atoms. The van der Waals surface area contributed by atoms with Crippen molar-refractivity contribution < 1.29 is 9.47 Å². The third-order valence-electron chi connectivity index (χ3n) is 2.78. The molecular weight excluding hydrogens is 252 g/mol. The summed E-state index contributed by atoms with van der Waals surface area (Å²) in [5, 5.41) is 4.25. The topological polar surface area (TPSA) is 72.6 Å². The molecule has 1 fully saturated rings. The summed E-state index contributed by atoms with van der Waals surface area (Å²) in [4.78, 5) is 2.38. The first-order valence-electron chi connectivity index (χ1n) is 6.23. The van der Waals surface area contributed by atoms with Crippen LogP contribution in [-0.2, 0) is 4.74 Å². The fourth-order valence-electron chi connectivity index (χ4n) is 1.84. The molecule has 3 N–H and O–H groups in total. The molecule has 18 heavy (non-hydrogen) atoms. The molecule has 2 rings (SSSR count). The van der Waals surface area contributed by atoms with Crippen molar-refractivity contribution in [1.82, 2.24) is 9.27 Å². The molecule has 6 nitrogen and oxygen atoms in total. The van der Waals surface area contributed by atoms with E-state index < -0.39 is 0 Å². The number of anilines is 2. The largest absolute Gasteiger partial charge is 0.487 e. The van der Waals surface area contributed by atoms with E-state index in [2.05, 4.69) is 14.6 Å². The van der Waals surface area contributed by atoms with Crippen LogP contribution in [0.5, 0.6) is 5.75 Å². The van der Waals surface area contributed by atoms with Gasteiger partial charge >= 0.3 is 0 Å². The van der Waals surface area contributed by atoms with Gasteiger partial charge in [0.05, 0.1) is 19.8 Å². The van der Waals surface area contributed by atoms with Crippen molar-refractivity contribution in [2.75, 3.05) is 57.1 Å². The van der Waals surface area contributed by atoms with Crippen molar-refractivity contribution in [3.8, 4) is 5.75 Å². The minimum Gasteiger partial charge on any atom is -0.487 e. The Kier molecular flexibility index (Phi) is 5.03. The van der Waals surface area contributed by atoms with Crippen molar-refractivity contribution in [2.24, 2.45) is 0 Å². The lowest BCUT2D eigenvalue weighted by molar-refractivity contribution is 0.0398. The highest BCUT2D eigenvalue weighted by atomic mass is 32.1. The predicted octanol–water partition coefficient (Wildman–Crippen LogP) is 0.868. The van der Waals surface area contributed by atoms with Gasteiger partial charge in [0, 0.05) is 26.2 Å². The van der Waals surface area contributed by atoms with Crippen LogP contribution >= 0.6 is 11.5 Å². The quantitative estimate of drug-likeness (QED) is 0.800. The molecule has 0 spiro atoms. The van der Waals surface area contributed by atoms with Gasteiger partial charge in [-0.25, -0.2) is 0 Å². The molecule has 0 saturated carbocycles. The second kappa shape index (κ2) is 6.77. The van der Waals surface area contributed by atoms with Gasteiger partial charge in [0.1, 0.15) is 0 Å². The van der Waals surface area contributed by atoms with Crippen LogP contribution in [-0.4, -0.2) is 55.3 Å². The standard InChI is InChI=1S/C11H20N4O2S/c1-2-17-9-10(12)14-18-11(9)13-3-4-15-5-7-16-8-6-15/h13H,2-8H2,1H3,(H2,12,14). The average Bonchev–Trinajstić information content (AvgIpc) is 2.73. The molecule has 1 aromatic heterocycles. The predicted molar refractivity (Wildman–Crippen MR) is 73.4 cm³/mol. The first-order chi connectivity index (χ1) is 8.81. The van der Waals surface area contributed by atoms with Crippen molar-refractivity contribution >= 4 is 22.4 Å².